The van der Waals surface area contributed by atoms with E-state index in [4.69, 9.17) is 76.6 Å². The first-order valence-corrected chi connectivity index (χ1v) is 2.74. The topological polar surface area (TPSA) is 331 Å². The van der Waals surface area contributed by atoms with E-state index in [1.54, 1.807) is 0 Å². The minimum atomic E-state index is -1.75. The van der Waals surface area contributed by atoms with E-state index in [2.05, 4.69) is 0 Å². The minimum absolute atomic E-state index is 0. The molecule has 0 aliphatic rings. The van der Waals surface area contributed by atoms with E-state index >= 15 is 0 Å². The Balaban J connectivity index is -0.0000000331. The van der Waals surface area contributed by atoms with Gasteiger partial charge in [-0.3, -0.25) is 0 Å². The summed E-state index contributed by atoms with van der Waals surface area (Å²) >= 11 is 0. The number of nitrogens with zero attached hydrogens (tertiary/aromatic N) is 5. The van der Waals surface area contributed by atoms with E-state index in [0.717, 1.165) is 0 Å². The molecule has 0 atom stereocenters. The van der Waals surface area contributed by atoms with Crippen molar-refractivity contribution in [2.24, 2.45) is 0 Å². The van der Waals surface area contributed by atoms with Crippen LogP contribution in [0.4, 0.5) is 0 Å². The van der Waals surface area contributed by atoms with Crippen LogP contribution in [0.1, 0.15) is 0 Å². The Labute approximate surface area is 142 Å². The fraction of sp³-hybridized carbons (Fsp3) is 0. The summed E-state index contributed by atoms with van der Waals surface area (Å²) in [4.78, 5) is 41.2. The zero-order chi connectivity index (χ0) is 17.9. The molecule has 0 fully saturated rings. The molecular formula is N5O15Th-5. The van der Waals surface area contributed by atoms with Crippen LogP contribution in [-0.2, 0) is 0 Å². The summed E-state index contributed by atoms with van der Waals surface area (Å²) in [6, 6.07) is 0. The van der Waals surface area contributed by atoms with Crippen molar-refractivity contribution in [2.75, 3.05) is 0 Å². The van der Waals surface area contributed by atoms with Crippen LogP contribution in [0.3, 0.4) is 0 Å². The molecule has 0 aromatic heterocycles. The van der Waals surface area contributed by atoms with Crippen molar-refractivity contribution in [3.8, 4) is 0 Å². The minimum Gasteiger partial charge on any atom is -0.356 e. The van der Waals surface area contributed by atoms with Crippen LogP contribution in [0.15, 0.2) is 0 Å². The SMILES string of the molecule is O=[N+]([O-])[O-].O=[N+]([O-])[O-].O=[N+]([O-])[O-].O=[N+]([O-])[O-].O=[N+]([O-])[O-].[Th]. The van der Waals surface area contributed by atoms with Crippen molar-refractivity contribution in [1.29, 1.82) is 0 Å². The first-order chi connectivity index (χ1) is 8.66. The van der Waals surface area contributed by atoms with Crippen molar-refractivity contribution in [1.82, 2.24) is 0 Å². The molecule has 21 heteroatoms. The molecular weight excluding hydrogens is 542 g/mol. The van der Waals surface area contributed by atoms with Gasteiger partial charge in [0, 0.05) is 39.9 Å². The zero-order valence-corrected chi connectivity index (χ0v) is 13.0. The van der Waals surface area contributed by atoms with Gasteiger partial charge >= 0.3 is 0 Å². The first-order valence-electron chi connectivity index (χ1n) is 2.74. The van der Waals surface area contributed by atoms with Crippen LogP contribution < -0.4 is 0 Å². The predicted octanol–water partition coefficient (Wildman–Crippen LogP) is -1.20. The molecule has 0 aromatic carbocycles. The molecule has 0 unspecified atom stereocenters. The third kappa shape index (κ3) is 568. The molecule has 0 aliphatic heterocycles. The maximum absolute atomic E-state index is 8.25. The van der Waals surface area contributed by atoms with Gasteiger partial charge in [-0.1, -0.05) is 0 Å². The Morgan fingerprint density at radius 2 is 0.333 bits per heavy atom. The van der Waals surface area contributed by atoms with Crippen molar-refractivity contribution in [3.05, 3.63) is 76.6 Å². The molecule has 0 saturated carbocycles. The van der Waals surface area contributed by atoms with Gasteiger partial charge < -0.3 is 76.6 Å². The molecule has 0 aromatic rings. The van der Waals surface area contributed by atoms with Gasteiger partial charge in [-0.2, -0.15) is 0 Å². The summed E-state index contributed by atoms with van der Waals surface area (Å²) in [7, 11) is 0. The zero-order valence-electron chi connectivity index (χ0n) is 8.86. The van der Waals surface area contributed by atoms with Crippen LogP contribution in [0.5, 0.6) is 0 Å². The van der Waals surface area contributed by atoms with E-state index in [-0.39, 0.29) is 39.9 Å². The summed E-state index contributed by atoms with van der Waals surface area (Å²) in [6.07, 6.45) is 0. The van der Waals surface area contributed by atoms with Gasteiger partial charge in [0.1, 0.15) is 0 Å². The number of hydrogen-bond acceptors (Lipinski definition) is 15. The molecule has 0 radical (unpaired) electrons. The third-order valence-electron chi connectivity index (χ3n) is 0. The van der Waals surface area contributed by atoms with Gasteiger partial charge in [0.05, 0.1) is 25.4 Å². The van der Waals surface area contributed by atoms with Gasteiger partial charge in [-0.15, -0.1) is 0 Å². The molecule has 0 amide bonds. The van der Waals surface area contributed by atoms with E-state index in [1.165, 1.54) is 0 Å². The van der Waals surface area contributed by atoms with E-state index in [1.807, 2.05) is 0 Å². The fourth-order valence-corrected chi connectivity index (χ4v) is 0. The quantitative estimate of drug-likeness (QED) is 0.256. The smallest absolute Gasteiger partial charge is 0.0689 e. The second-order valence-corrected chi connectivity index (χ2v) is 1.12. The first kappa shape index (κ1) is 36.2. The van der Waals surface area contributed by atoms with Crippen LogP contribution in [-0.4, -0.2) is 25.4 Å². The van der Waals surface area contributed by atoms with Crippen LogP contribution in [0.25, 0.3) is 0 Å². The summed E-state index contributed by atoms with van der Waals surface area (Å²) in [6.45, 7) is 0. The van der Waals surface area contributed by atoms with Crippen molar-refractivity contribution < 1.29 is 65.4 Å². The molecule has 0 aliphatic carbocycles. The van der Waals surface area contributed by atoms with Crippen LogP contribution in [0, 0.1) is 117 Å². The molecule has 0 saturated heterocycles. The number of rotatable bonds is 0. The van der Waals surface area contributed by atoms with Crippen molar-refractivity contribution >= 4 is 0 Å². The Morgan fingerprint density at radius 3 is 0.333 bits per heavy atom. The van der Waals surface area contributed by atoms with Crippen molar-refractivity contribution in [3.63, 3.8) is 0 Å². The van der Waals surface area contributed by atoms with Gasteiger partial charge in [0.25, 0.3) is 0 Å². The summed E-state index contributed by atoms with van der Waals surface area (Å²) in [5.74, 6) is 0. The van der Waals surface area contributed by atoms with Gasteiger partial charge in [-0.05, 0) is 0 Å². The Kier molecular flexibility index (Phi) is 52.4. The van der Waals surface area contributed by atoms with Crippen LogP contribution >= 0.6 is 0 Å². The van der Waals surface area contributed by atoms with Gasteiger partial charge in [0.2, 0.25) is 0 Å². The molecule has 0 N–H and O–H groups in total. The Bertz CT molecular complexity index is 207. The fourth-order valence-electron chi connectivity index (χ4n) is 0. The Hall–Kier alpha value is -2.68. The standard InChI is InChI=1S/5NO3.Th/c5*2-1(3)4;/q5*-1;. The summed E-state index contributed by atoms with van der Waals surface area (Å²) in [5, 5.41) is 73.8. The largest absolute Gasteiger partial charge is 0.356 e. The predicted molar refractivity (Wildman–Crippen MR) is 51.8 cm³/mol. The maximum Gasteiger partial charge on any atom is 0.0689 e. The van der Waals surface area contributed by atoms with Crippen molar-refractivity contribution in [2.45, 2.75) is 0 Å². The maximum atomic E-state index is 8.25. The second-order valence-electron chi connectivity index (χ2n) is 1.12. The van der Waals surface area contributed by atoms with Crippen LogP contribution in [0.2, 0.25) is 0 Å². The van der Waals surface area contributed by atoms with Gasteiger partial charge in [-0.25, -0.2) is 0 Å². The normalized spacial score (nSPS) is 5.71. The molecule has 21 heavy (non-hydrogen) atoms. The van der Waals surface area contributed by atoms with E-state index in [9.17, 15) is 0 Å². The molecule has 0 heterocycles. The molecule has 20 nitrogen and oxygen atoms in total. The van der Waals surface area contributed by atoms with Gasteiger partial charge in [0.15, 0.2) is 0 Å². The molecule has 0 bridgehead atoms. The van der Waals surface area contributed by atoms with E-state index < -0.39 is 25.4 Å². The summed E-state index contributed by atoms with van der Waals surface area (Å²) in [5.41, 5.74) is 0. The third-order valence-corrected chi connectivity index (χ3v) is 0. The molecule has 0 rings (SSSR count). The number of hydrogen-bond donors (Lipinski definition) is 0. The molecule has 124 valence electrons. The summed E-state index contributed by atoms with van der Waals surface area (Å²) < 4.78 is 0. The van der Waals surface area contributed by atoms with E-state index in [0.29, 0.717) is 0 Å². The average molecular weight is 542 g/mol. The Morgan fingerprint density at radius 1 is 0.333 bits per heavy atom. The second kappa shape index (κ2) is 30.4. The monoisotopic (exact) mass is 542 g/mol. The average Bonchev–Trinajstić information content (AvgIpc) is 1.94. The molecule has 0 spiro atoms.